The van der Waals surface area contributed by atoms with Gasteiger partial charge in [-0.3, -0.25) is 20.1 Å². The van der Waals surface area contributed by atoms with Crippen molar-refractivity contribution in [3.05, 3.63) is 29.1 Å². The van der Waals surface area contributed by atoms with E-state index in [-0.39, 0.29) is 11.9 Å². The second-order valence-corrected chi connectivity index (χ2v) is 4.64. The van der Waals surface area contributed by atoms with Gasteiger partial charge in [-0.25, -0.2) is 0 Å². The highest BCUT2D eigenvalue weighted by molar-refractivity contribution is 6.04. The summed E-state index contributed by atoms with van der Waals surface area (Å²) in [4.78, 5) is 17.5. The standard InChI is InChI=1S/C13H18N4O/c1-17(13(14)15)12(18)10-7-9-5-3-2-4-6-11(9)16-8-10/h7-8H,2-6H2,1H3,(H3,14,15). The average molecular weight is 246 g/mol. The fraction of sp³-hybridized carbons (Fsp3) is 0.462. The highest BCUT2D eigenvalue weighted by Crippen LogP contribution is 2.20. The molecule has 5 nitrogen and oxygen atoms in total. The summed E-state index contributed by atoms with van der Waals surface area (Å²) in [7, 11) is 1.50. The van der Waals surface area contributed by atoms with Gasteiger partial charge in [0.15, 0.2) is 5.96 Å². The SMILES string of the molecule is CN(C(=N)N)C(=O)c1cnc2c(c1)CCCCC2. The van der Waals surface area contributed by atoms with Gasteiger partial charge >= 0.3 is 0 Å². The molecule has 1 aromatic heterocycles. The molecule has 0 radical (unpaired) electrons. The van der Waals surface area contributed by atoms with Crippen LogP contribution in [0, 0.1) is 5.41 Å². The van der Waals surface area contributed by atoms with Crippen molar-refractivity contribution in [2.24, 2.45) is 5.73 Å². The molecule has 0 aromatic carbocycles. The zero-order valence-corrected chi connectivity index (χ0v) is 10.6. The smallest absolute Gasteiger partial charge is 0.261 e. The summed E-state index contributed by atoms with van der Waals surface area (Å²) in [6.45, 7) is 0. The molecule has 2 rings (SSSR count). The van der Waals surface area contributed by atoms with Crippen molar-refractivity contribution < 1.29 is 4.79 Å². The molecule has 96 valence electrons. The molecule has 0 saturated carbocycles. The number of aryl methyl sites for hydroxylation is 2. The Balaban J connectivity index is 2.28. The molecule has 0 aliphatic heterocycles. The Morgan fingerprint density at radius 3 is 2.83 bits per heavy atom. The van der Waals surface area contributed by atoms with Crippen molar-refractivity contribution in [2.75, 3.05) is 7.05 Å². The summed E-state index contributed by atoms with van der Waals surface area (Å²) in [6.07, 6.45) is 7.09. The zero-order chi connectivity index (χ0) is 13.1. The van der Waals surface area contributed by atoms with E-state index in [1.54, 1.807) is 6.20 Å². The van der Waals surface area contributed by atoms with Gasteiger partial charge in [-0.05, 0) is 37.3 Å². The third-order valence-corrected chi connectivity index (χ3v) is 3.33. The summed E-state index contributed by atoms with van der Waals surface area (Å²) in [6, 6.07) is 1.90. The molecule has 1 aliphatic carbocycles. The van der Waals surface area contributed by atoms with E-state index in [2.05, 4.69) is 4.98 Å². The number of guanidine groups is 1. The minimum absolute atomic E-state index is 0.255. The summed E-state index contributed by atoms with van der Waals surface area (Å²) >= 11 is 0. The first kappa shape index (κ1) is 12.5. The number of carbonyl (C=O) groups excluding carboxylic acids is 1. The topological polar surface area (TPSA) is 83.1 Å². The normalized spacial score (nSPS) is 14.5. The van der Waals surface area contributed by atoms with Crippen LogP contribution in [0.4, 0.5) is 0 Å². The maximum Gasteiger partial charge on any atom is 0.261 e. The Morgan fingerprint density at radius 2 is 2.11 bits per heavy atom. The number of carbonyl (C=O) groups is 1. The largest absolute Gasteiger partial charge is 0.370 e. The summed E-state index contributed by atoms with van der Waals surface area (Å²) < 4.78 is 0. The lowest BCUT2D eigenvalue weighted by atomic mass is 10.1. The first-order valence-corrected chi connectivity index (χ1v) is 6.19. The van der Waals surface area contributed by atoms with Crippen LogP contribution >= 0.6 is 0 Å². The van der Waals surface area contributed by atoms with Gasteiger partial charge in [0, 0.05) is 18.9 Å². The molecule has 1 heterocycles. The fourth-order valence-corrected chi connectivity index (χ4v) is 2.18. The van der Waals surface area contributed by atoms with Gasteiger partial charge in [-0.15, -0.1) is 0 Å². The molecule has 5 heteroatoms. The summed E-state index contributed by atoms with van der Waals surface area (Å²) in [5, 5.41) is 7.27. The van der Waals surface area contributed by atoms with Crippen molar-refractivity contribution in [1.29, 1.82) is 5.41 Å². The molecule has 1 aliphatic rings. The van der Waals surface area contributed by atoms with Crippen molar-refractivity contribution in [3.8, 4) is 0 Å². The van der Waals surface area contributed by atoms with Crippen LogP contribution in [0.2, 0.25) is 0 Å². The van der Waals surface area contributed by atoms with Gasteiger partial charge in [-0.2, -0.15) is 0 Å². The number of nitrogens with one attached hydrogen (secondary N) is 1. The second kappa shape index (κ2) is 5.16. The van der Waals surface area contributed by atoms with Crippen LogP contribution in [0.25, 0.3) is 0 Å². The van der Waals surface area contributed by atoms with Crippen molar-refractivity contribution in [2.45, 2.75) is 32.1 Å². The second-order valence-electron chi connectivity index (χ2n) is 4.64. The molecule has 0 atom stereocenters. The molecule has 1 amide bonds. The highest BCUT2D eigenvalue weighted by Gasteiger charge is 2.17. The van der Waals surface area contributed by atoms with Crippen LogP contribution in [0.3, 0.4) is 0 Å². The van der Waals surface area contributed by atoms with Crippen LogP contribution in [0.1, 0.15) is 40.9 Å². The first-order valence-electron chi connectivity index (χ1n) is 6.19. The predicted molar refractivity (Wildman–Crippen MR) is 69.5 cm³/mol. The van der Waals surface area contributed by atoms with Gasteiger partial charge < -0.3 is 5.73 Å². The lowest BCUT2D eigenvalue weighted by Gasteiger charge is -2.15. The highest BCUT2D eigenvalue weighted by atomic mass is 16.2. The van der Waals surface area contributed by atoms with E-state index in [1.165, 1.54) is 19.9 Å². The van der Waals surface area contributed by atoms with Gasteiger partial charge in [0.05, 0.1) is 5.56 Å². The molecule has 3 N–H and O–H groups in total. The van der Waals surface area contributed by atoms with Crippen LogP contribution in [0.5, 0.6) is 0 Å². The number of nitrogens with zero attached hydrogens (tertiary/aromatic N) is 2. The first-order chi connectivity index (χ1) is 8.59. The third-order valence-electron chi connectivity index (χ3n) is 3.33. The summed E-state index contributed by atoms with van der Waals surface area (Å²) in [5.74, 6) is -0.531. The quantitative estimate of drug-likeness (QED) is 0.445. The number of amides is 1. The van der Waals surface area contributed by atoms with Crippen LogP contribution in [0.15, 0.2) is 12.3 Å². The van der Waals surface area contributed by atoms with E-state index in [9.17, 15) is 4.79 Å². The summed E-state index contributed by atoms with van der Waals surface area (Å²) in [5.41, 5.74) is 8.08. The van der Waals surface area contributed by atoms with Gasteiger partial charge in [0.25, 0.3) is 5.91 Å². The van der Waals surface area contributed by atoms with E-state index in [4.69, 9.17) is 11.1 Å². The number of aromatic nitrogens is 1. The monoisotopic (exact) mass is 246 g/mol. The van der Waals surface area contributed by atoms with Crippen LogP contribution < -0.4 is 5.73 Å². The van der Waals surface area contributed by atoms with Crippen molar-refractivity contribution >= 4 is 11.9 Å². The van der Waals surface area contributed by atoms with E-state index >= 15 is 0 Å². The molecule has 1 aromatic rings. The van der Waals surface area contributed by atoms with Crippen LogP contribution in [-0.2, 0) is 12.8 Å². The fourth-order valence-electron chi connectivity index (χ4n) is 2.18. The lowest BCUT2D eigenvalue weighted by molar-refractivity contribution is 0.0868. The third kappa shape index (κ3) is 2.50. The Hall–Kier alpha value is -1.91. The zero-order valence-electron chi connectivity index (χ0n) is 10.6. The van der Waals surface area contributed by atoms with Gasteiger partial charge in [-0.1, -0.05) is 6.42 Å². The number of rotatable bonds is 1. The van der Waals surface area contributed by atoms with Crippen molar-refractivity contribution in [3.63, 3.8) is 0 Å². The molecule has 0 unspecified atom stereocenters. The maximum absolute atomic E-state index is 12.0. The minimum Gasteiger partial charge on any atom is -0.370 e. The maximum atomic E-state index is 12.0. The van der Waals surface area contributed by atoms with Crippen LogP contribution in [-0.4, -0.2) is 28.8 Å². The number of fused-ring (bicyclic) bond motifs is 1. The minimum atomic E-state index is -0.276. The van der Waals surface area contributed by atoms with E-state index in [0.717, 1.165) is 35.4 Å². The molecule has 0 saturated heterocycles. The average Bonchev–Trinajstić information content (AvgIpc) is 2.60. The molecule has 18 heavy (non-hydrogen) atoms. The lowest BCUT2D eigenvalue weighted by Crippen LogP contribution is -2.38. The molecular formula is C13H18N4O. The van der Waals surface area contributed by atoms with E-state index < -0.39 is 0 Å². The molecule has 0 bridgehead atoms. The number of hydrogen-bond donors (Lipinski definition) is 2. The van der Waals surface area contributed by atoms with Crippen molar-refractivity contribution in [1.82, 2.24) is 9.88 Å². The number of nitrogens with two attached hydrogens (primary N) is 1. The number of pyridine rings is 1. The Bertz CT molecular complexity index is 484. The van der Waals surface area contributed by atoms with E-state index in [1.807, 2.05) is 6.07 Å². The predicted octanol–water partition coefficient (Wildman–Crippen LogP) is 1.32. The van der Waals surface area contributed by atoms with E-state index in [0.29, 0.717) is 5.56 Å². The Morgan fingerprint density at radius 1 is 1.39 bits per heavy atom. The molecular weight excluding hydrogens is 228 g/mol. The number of hydrogen-bond acceptors (Lipinski definition) is 3. The molecule has 0 spiro atoms. The Labute approximate surface area is 107 Å². The molecule has 0 fully saturated rings. The van der Waals surface area contributed by atoms with Gasteiger partial charge in [0.2, 0.25) is 0 Å². The van der Waals surface area contributed by atoms with Gasteiger partial charge in [0.1, 0.15) is 0 Å². The Kier molecular flexibility index (Phi) is 3.60.